The first kappa shape index (κ1) is 13.8. The van der Waals surface area contributed by atoms with E-state index in [1.54, 1.807) is 6.07 Å². The fourth-order valence-electron chi connectivity index (χ4n) is 1.89. The Labute approximate surface area is 121 Å². The zero-order valence-electron chi connectivity index (χ0n) is 10.5. The van der Waals surface area contributed by atoms with Gasteiger partial charge < -0.3 is 5.32 Å². The summed E-state index contributed by atoms with van der Waals surface area (Å²) in [5.74, 6) is -5.79. The number of nitrogens with zero attached hydrogens (tertiary/aromatic N) is 1. The van der Waals surface area contributed by atoms with Crippen LogP contribution in [0.1, 0.15) is 5.01 Å². The van der Waals surface area contributed by atoms with Crippen LogP contribution in [-0.4, -0.2) is 4.98 Å². The van der Waals surface area contributed by atoms with Crippen molar-refractivity contribution in [3.8, 4) is 0 Å². The smallest absolute Gasteiger partial charge is 0.185 e. The van der Waals surface area contributed by atoms with Gasteiger partial charge in [0.25, 0.3) is 0 Å². The van der Waals surface area contributed by atoms with Crippen LogP contribution in [0.4, 0.5) is 23.2 Å². The number of para-hydroxylation sites is 1. The number of hydrogen-bond donors (Lipinski definition) is 1. The van der Waals surface area contributed by atoms with Crippen LogP contribution in [0.3, 0.4) is 0 Å². The summed E-state index contributed by atoms with van der Waals surface area (Å²) in [7, 11) is 0. The Morgan fingerprint density at radius 2 is 1.67 bits per heavy atom. The number of aromatic nitrogens is 1. The second-order valence-corrected chi connectivity index (χ2v) is 5.39. The summed E-state index contributed by atoms with van der Waals surface area (Å²) in [5.41, 5.74) is -0.0718. The number of benzene rings is 2. The van der Waals surface area contributed by atoms with Crippen molar-refractivity contribution >= 4 is 27.2 Å². The second kappa shape index (κ2) is 5.33. The quantitative estimate of drug-likeness (QED) is 0.570. The molecule has 0 fully saturated rings. The van der Waals surface area contributed by atoms with Crippen molar-refractivity contribution in [2.45, 2.75) is 6.54 Å². The minimum absolute atomic E-state index is 0.0317. The molecule has 0 saturated heterocycles. The predicted molar refractivity (Wildman–Crippen MR) is 73.2 cm³/mol. The van der Waals surface area contributed by atoms with Crippen LogP contribution >= 0.6 is 11.3 Å². The maximum Gasteiger partial charge on any atom is 0.185 e. The van der Waals surface area contributed by atoms with Crippen molar-refractivity contribution in [3.05, 3.63) is 58.6 Å². The standard InChI is InChI=1S/C14H8F4N2S/c15-7-5-8(16)13(18)14(12(7)17)19-6-11-20-9-3-1-2-4-10(9)21-11/h1-5,19H,6H2. The normalized spacial score (nSPS) is 11.0. The summed E-state index contributed by atoms with van der Waals surface area (Å²) >= 11 is 1.33. The molecule has 1 aromatic heterocycles. The highest BCUT2D eigenvalue weighted by Crippen LogP contribution is 2.26. The maximum atomic E-state index is 13.5. The number of nitrogens with one attached hydrogen (secondary N) is 1. The lowest BCUT2D eigenvalue weighted by Crippen LogP contribution is -2.07. The average molecular weight is 312 g/mol. The third-order valence-electron chi connectivity index (χ3n) is 2.87. The molecule has 0 aliphatic heterocycles. The Morgan fingerprint density at radius 3 is 2.33 bits per heavy atom. The van der Waals surface area contributed by atoms with E-state index in [2.05, 4.69) is 10.3 Å². The molecule has 0 bridgehead atoms. The van der Waals surface area contributed by atoms with Crippen LogP contribution in [0.25, 0.3) is 10.2 Å². The van der Waals surface area contributed by atoms with Gasteiger partial charge in [0, 0.05) is 6.07 Å². The molecule has 21 heavy (non-hydrogen) atoms. The van der Waals surface area contributed by atoms with E-state index in [0.717, 1.165) is 10.2 Å². The summed E-state index contributed by atoms with van der Waals surface area (Å²) in [5, 5.41) is 2.91. The van der Waals surface area contributed by atoms with Crippen molar-refractivity contribution < 1.29 is 17.6 Å². The van der Waals surface area contributed by atoms with Crippen molar-refractivity contribution in [2.75, 3.05) is 5.32 Å². The molecule has 0 spiro atoms. The highest BCUT2D eigenvalue weighted by atomic mass is 32.1. The monoisotopic (exact) mass is 312 g/mol. The molecule has 3 rings (SSSR count). The SMILES string of the molecule is Fc1cc(F)c(F)c(NCc2nc3ccccc3s2)c1F. The van der Waals surface area contributed by atoms with E-state index < -0.39 is 29.0 Å². The zero-order valence-corrected chi connectivity index (χ0v) is 11.3. The first-order valence-electron chi connectivity index (χ1n) is 5.97. The lowest BCUT2D eigenvalue weighted by Gasteiger charge is -2.08. The predicted octanol–water partition coefficient (Wildman–Crippen LogP) is 4.46. The van der Waals surface area contributed by atoms with Gasteiger partial charge in [-0.25, -0.2) is 22.5 Å². The highest BCUT2D eigenvalue weighted by Gasteiger charge is 2.19. The minimum atomic E-state index is -1.45. The van der Waals surface area contributed by atoms with Crippen LogP contribution in [-0.2, 0) is 6.54 Å². The van der Waals surface area contributed by atoms with E-state index in [0.29, 0.717) is 5.01 Å². The van der Waals surface area contributed by atoms with Crippen molar-refractivity contribution in [1.29, 1.82) is 0 Å². The van der Waals surface area contributed by atoms with Crippen LogP contribution in [0.2, 0.25) is 0 Å². The second-order valence-electron chi connectivity index (χ2n) is 4.27. The number of thiazole rings is 1. The Bertz CT molecular complexity index is 757. The molecule has 0 unspecified atom stereocenters. The minimum Gasteiger partial charge on any atom is -0.374 e. The zero-order chi connectivity index (χ0) is 15.0. The molecule has 1 N–H and O–H groups in total. The third kappa shape index (κ3) is 2.56. The highest BCUT2D eigenvalue weighted by molar-refractivity contribution is 7.18. The van der Waals surface area contributed by atoms with Gasteiger partial charge in [0.1, 0.15) is 10.7 Å². The molecule has 108 valence electrons. The fourth-order valence-corrected chi connectivity index (χ4v) is 2.79. The van der Waals surface area contributed by atoms with Gasteiger partial charge in [-0.15, -0.1) is 11.3 Å². The molecule has 3 aromatic rings. The first-order chi connectivity index (χ1) is 10.1. The molecule has 0 aliphatic rings. The van der Waals surface area contributed by atoms with E-state index in [9.17, 15) is 17.6 Å². The Balaban J connectivity index is 1.88. The van der Waals surface area contributed by atoms with Crippen LogP contribution in [0, 0.1) is 23.3 Å². The molecule has 2 nitrogen and oxygen atoms in total. The Morgan fingerprint density at radius 1 is 1.00 bits per heavy atom. The molecular weight excluding hydrogens is 304 g/mol. The van der Waals surface area contributed by atoms with E-state index >= 15 is 0 Å². The number of halogens is 4. The summed E-state index contributed by atoms with van der Waals surface area (Å²) in [6, 6.07) is 7.50. The van der Waals surface area contributed by atoms with E-state index in [4.69, 9.17) is 0 Å². The molecule has 0 amide bonds. The van der Waals surface area contributed by atoms with Gasteiger partial charge in [-0.05, 0) is 12.1 Å². The van der Waals surface area contributed by atoms with E-state index in [1.165, 1.54) is 11.3 Å². The van der Waals surface area contributed by atoms with Gasteiger partial charge in [0.2, 0.25) is 0 Å². The van der Waals surface area contributed by atoms with E-state index in [1.807, 2.05) is 18.2 Å². The Kier molecular flexibility index (Phi) is 3.50. The maximum absolute atomic E-state index is 13.5. The topological polar surface area (TPSA) is 24.9 Å². The third-order valence-corrected chi connectivity index (χ3v) is 3.90. The fraction of sp³-hybridized carbons (Fsp3) is 0.0714. The van der Waals surface area contributed by atoms with E-state index in [-0.39, 0.29) is 12.6 Å². The number of hydrogen-bond acceptors (Lipinski definition) is 3. The number of fused-ring (bicyclic) bond motifs is 1. The Hall–Kier alpha value is -2.15. The largest absolute Gasteiger partial charge is 0.374 e. The van der Waals surface area contributed by atoms with Crippen molar-refractivity contribution in [2.24, 2.45) is 0 Å². The van der Waals surface area contributed by atoms with Crippen molar-refractivity contribution in [1.82, 2.24) is 4.98 Å². The van der Waals surface area contributed by atoms with Gasteiger partial charge >= 0.3 is 0 Å². The molecule has 0 atom stereocenters. The van der Waals surface area contributed by atoms with Crippen molar-refractivity contribution in [3.63, 3.8) is 0 Å². The van der Waals surface area contributed by atoms with Gasteiger partial charge in [-0.1, -0.05) is 12.1 Å². The van der Waals surface area contributed by atoms with Gasteiger partial charge in [-0.3, -0.25) is 0 Å². The molecule has 7 heteroatoms. The molecule has 2 aromatic carbocycles. The first-order valence-corrected chi connectivity index (χ1v) is 6.79. The van der Waals surface area contributed by atoms with Crippen LogP contribution < -0.4 is 5.32 Å². The lowest BCUT2D eigenvalue weighted by atomic mass is 10.2. The summed E-state index contributed by atoms with van der Waals surface area (Å²) in [4.78, 5) is 4.26. The van der Waals surface area contributed by atoms with Gasteiger partial charge in [-0.2, -0.15) is 0 Å². The molecule has 1 heterocycles. The molecule has 0 radical (unpaired) electrons. The number of anilines is 1. The molecular formula is C14H8F4N2S. The van der Waals surface area contributed by atoms with Gasteiger partial charge in [0.15, 0.2) is 23.3 Å². The molecule has 0 saturated carbocycles. The summed E-state index contributed by atoms with van der Waals surface area (Å²) < 4.78 is 54.1. The summed E-state index contributed by atoms with van der Waals surface area (Å²) in [6.07, 6.45) is 0. The lowest BCUT2D eigenvalue weighted by molar-refractivity contribution is 0.458. The number of rotatable bonds is 3. The van der Waals surface area contributed by atoms with Gasteiger partial charge in [0.05, 0.1) is 16.8 Å². The van der Waals surface area contributed by atoms with Crippen LogP contribution in [0.5, 0.6) is 0 Å². The summed E-state index contributed by atoms with van der Waals surface area (Å²) in [6.45, 7) is -0.0317. The van der Waals surface area contributed by atoms with Crippen LogP contribution in [0.15, 0.2) is 30.3 Å². The average Bonchev–Trinajstić information content (AvgIpc) is 2.88. The molecule has 0 aliphatic carbocycles.